The van der Waals surface area contributed by atoms with E-state index in [0.29, 0.717) is 19.4 Å². The van der Waals surface area contributed by atoms with E-state index in [9.17, 15) is 9.90 Å². The first-order chi connectivity index (χ1) is 10.6. The zero-order chi connectivity index (χ0) is 15.9. The zero-order valence-corrected chi connectivity index (χ0v) is 13.1. The Kier molecular flexibility index (Phi) is 5.59. The summed E-state index contributed by atoms with van der Waals surface area (Å²) < 4.78 is 5.84. The van der Waals surface area contributed by atoms with Crippen molar-refractivity contribution >= 4 is 5.97 Å². The van der Waals surface area contributed by atoms with E-state index in [1.807, 2.05) is 62.4 Å². The van der Waals surface area contributed by atoms with Crippen LogP contribution in [0.3, 0.4) is 0 Å². The molecule has 0 saturated heterocycles. The number of carbonyl (C=O) groups is 1. The molecule has 0 aliphatic carbocycles. The van der Waals surface area contributed by atoms with Gasteiger partial charge in [0.2, 0.25) is 0 Å². The fourth-order valence-electron chi connectivity index (χ4n) is 2.61. The van der Waals surface area contributed by atoms with E-state index < -0.39 is 11.9 Å². The molecule has 0 spiro atoms. The lowest BCUT2D eigenvalue weighted by atomic mass is 9.94. The molecule has 0 saturated carbocycles. The Morgan fingerprint density at radius 3 is 2.27 bits per heavy atom. The van der Waals surface area contributed by atoms with Crippen molar-refractivity contribution in [3.8, 4) is 5.75 Å². The summed E-state index contributed by atoms with van der Waals surface area (Å²) in [4.78, 5) is 11.4. The van der Waals surface area contributed by atoms with Crippen LogP contribution in [0.4, 0.5) is 0 Å². The highest BCUT2D eigenvalue weighted by Gasteiger charge is 2.19. The molecule has 0 aromatic heterocycles. The predicted octanol–water partition coefficient (Wildman–Crippen LogP) is 4.33. The largest absolute Gasteiger partial charge is 0.493 e. The van der Waals surface area contributed by atoms with Crippen molar-refractivity contribution in [1.29, 1.82) is 0 Å². The molecule has 0 bridgehead atoms. The summed E-state index contributed by atoms with van der Waals surface area (Å²) in [6, 6.07) is 15.4. The summed E-state index contributed by atoms with van der Waals surface area (Å²) in [6.07, 6.45) is 1.28. The van der Waals surface area contributed by atoms with E-state index in [2.05, 4.69) is 0 Å². The van der Waals surface area contributed by atoms with Crippen LogP contribution in [0, 0.1) is 13.8 Å². The van der Waals surface area contributed by atoms with Gasteiger partial charge in [0.05, 0.1) is 12.5 Å². The summed E-state index contributed by atoms with van der Waals surface area (Å²) in [7, 11) is 0. The molecule has 0 heterocycles. The molecule has 116 valence electrons. The molecule has 3 nitrogen and oxygen atoms in total. The van der Waals surface area contributed by atoms with Gasteiger partial charge in [0.1, 0.15) is 5.75 Å². The molecule has 1 unspecified atom stereocenters. The third kappa shape index (κ3) is 4.10. The number of hydrogen-bond donors (Lipinski definition) is 1. The minimum Gasteiger partial charge on any atom is -0.493 e. The van der Waals surface area contributed by atoms with E-state index in [1.54, 1.807) is 0 Å². The topological polar surface area (TPSA) is 46.5 Å². The van der Waals surface area contributed by atoms with E-state index >= 15 is 0 Å². The number of para-hydroxylation sites is 1. The Hall–Kier alpha value is -2.29. The van der Waals surface area contributed by atoms with Crippen molar-refractivity contribution in [2.75, 3.05) is 6.61 Å². The van der Waals surface area contributed by atoms with E-state index in [1.165, 1.54) is 0 Å². The van der Waals surface area contributed by atoms with Crippen molar-refractivity contribution in [3.05, 3.63) is 65.2 Å². The maximum Gasteiger partial charge on any atom is 0.310 e. The van der Waals surface area contributed by atoms with Gasteiger partial charge in [-0.2, -0.15) is 0 Å². The van der Waals surface area contributed by atoms with Gasteiger partial charge in [-0.3, -0.25) is 4.79 Å². The number of carboxylic acid groups (broad SMARTS) is 1. The monoisotopic (exact) mass is 298 g/mol. The van der Waals surface area contributed by atoms with Crippen LogP contribution in [-0.2, 0) is 4.79 Å². The zero-order valence-electron chi connectivity index (χ0n) is 13.1. The number of hydrogen-bond acceptors (Lipinski definition) is 2. The molecule has 1 N–H and O–H groups in total. The second-order valence-corrected chi connectivity index (χ2v) is 5.51. The molecule has 2 rings (SSSR count). The fraction of sp³-hybridized carbons (Fsp3) is 0.316. The lowest BCUT2D eigenvalue weighted by molar-refractivity contribution is -0.139. The number of carboxylic acids is 1. The van der Waals surface area contributed by atoms with Crippen LogP contribution in [0.25, 0.3) is 0 Å². The van der Waals surface area contributed by atoms with Crippen molar-refractivity contribution in [2.45, 2.75) is 32.6 Å². The number of aryl methyl sites for hydroxylation is 2. The second kappa shape index (κ2) is 7.64. The van der Waals surface area contributed by atoms with Gasteiger partial charge < -0.3 is 9.84 Å². The molecule has 1 atom stereocenters. The molecule has 0 aliphatic heterocycles. The van der Waals surface area contributed by atoms with Gasteiger partial charge >= 0.3 is 5.97 Å². The number of aliphatic carboxylic acids is 1. The summed E-state index contributed by atoms with van der Waals surface area (Å²) in [6.45, 7) is 4.57. The maximum absolute atomic E-state index is 11.4. The van der Waals surface area contributed by atoms with E-state index in [-0.39, 0.29) is 0 Å². The molecule has 22 heavy (non-hydrogen) atoms. The van der Waals surface area contributed by atoms with Gasteiger partial charge in [-0.15, -0.1) is 0 Å². The van der Waals surface area contributed by atoms with Gasteiger partial charge in [-0.1, -0.05) is 48.5 Å². The number of ether oxygens (including phenoxy) is 1. The predicted molar refractivity (Wildman–Crippen MR) is 87.5 cm³/mol. The average Bonchev–Trinajstić information content (AvgIpc) is 2.50. The minimum atomic E-state index is -0.779. The van der Waals surface area contributed by atoms with E-state index in [0.717, 1.165) is 22.4 Å². The molecule has 0 fully saturated rings. The standard InChI is InChI=1S/C19H22O3/c1-14-8-6-9-15(2)18(14)22-13-7-12-17(19(20)21)16-10-4-3-5-11-16/h3-6,8-11,17H,7,12-13H2,1-2H3,(H,20,21). The normalized spacial score (nSPS) is 11.9. The SMILES string of the molecule is Cc1cccc(C)c1OCCCC(C(=O)O)c1ccccc1. The number of rotatable bonds is 7. The van der Waals surface area contributed by atoms with Crippen molar-refractivity contribution in [1.82, 2.24) is 0 Å². The molecular weight excluding hydrogens is 276 g/mol. The molecule has 0 radical (unpaired) electrons. The van der Waals surface area contributed by atoms with Crippen LogP contribution in [0.15, 0.2) is 48.5 Å². The van der Waals surface area contributed by atoms with Gasteiger partial charge in [-0.25, -0.2) is 0 Å². The number of benzene rings is 2. The van der Waals surface area contributed by atoms with Crippen LogP contribution < -0.4 is 4.74 Å². The van der Waals surface area contributed by atoms with Gasteiger partial charge in [0.15, 0.2) is 0 Å². The summed E-state index contributed by atoms with van der Waals surface area (Å²) in [5, 5.41) is 9.39. The summed E-state index contributed by atoms with van der Waals surface area (Å²) in [5.41, 5.74) is 3.07. The third-order valence-electron chi connectivity index (χ3n) is 3.79. The summed E-state index contributed by atoms with van der Waals surface area (Å²) >= 11 is 0. The van der Waals surface area contributed by atoms with Crippen LogP contribution in [0.2, 0.25) is 0 Å². The fourth-order valence-corrected chi connectivity index (χ4v) is 2.61. The van der Waals surface area contributed by atoms with E-state index in [4.69, 9.17) is 4.74 Å². The van der Waals surface area contributed by atoms with Gasteiger partial charge in [0, 0.05) is 0 Å². The van der Waals surface area contributed by atoms with Gasteiger partial charge in [0.25, 0.3) is 0 Å². The highest BCUT2D eigenvalue weighted by atomic mass is 16.5. The van der Waals surface area contributed by atoms with Crippen LogP contribution >= 0.6 is 0 Å². The molecule has 3 heteroatoms. The molecule has 0 amide bonds. The molecular formula is C19H22O3. The maximum atomic E-state index is 11.4. The van der Waals surface area contributed by atoms with Crippen molar-refractivity contribution < 1.29 is 14.6 Å². The molecule has 2 aromatic carbocycles. The Labute approximate surface area is 131 Å². The Bertz CT molecular complexity index is 600. The third-order valence-corrected chi connectivity index (χ3v) is 3.79. The first kappa shape index (κ1) is 16.1. The van der Waals surface area contributed by atoms with Crippen LogP contribution in [0.1, 0.15) is 35.4 Å². The lowest BCUT2D eigenvalue weighted by Crippen LogP contribution is -2.13. The van der Waals surface area contributed by atoms with Crippen LogP contribution in [0.5, 0.6) is 5.75 Å². The minimum absolute atomic E-state index is 0.470. The smallest absolute Gasteiger partial charge is 0.310 e. The van der Waals surface area contributed by atoms with Crippen molar-refractivity contribution in [3.63, 3.8) is 0 Å². The Morgan fingerprint density at radius 1 is 1.05 bits per heavy atom. The lowest BCUT2D eigenvalue weighted by Gasteiger charge is -2.15. The second-order valence-electron chi connectivity index (χ2n) is 5.51. The van der Waals surface area contributed by atoms with Gasteiger partial charge in [-0.05, 0) is 43.4 Å². The first-order valence-corrected chi connectivity index (χ1v) is 7.56. The van der Waals surface area contributed by atoms with Crippen molar-refractivity contribution in [2.24, 2.45) is 0 Å². The highest BCUT2D eigenvalue weighted by Crippen LogP contribution is 2.24. The Morgan fingerprint density at radius 2 is 1.68 bits per heavy atom. The quantitative estimate of drug-likeness (QED) is 0.774. The molecule has 0 aliphatic rings. The Balaban J connectivity index is 1.91. The highest BCUT2D eigenvalue weighted by molar-refractivity contribution is 5.75. The molecule has 2 aromatic rings. The summed E-state index contributed by atoms with van der Waals surface area (Å²) in [5.74, 6) is -0.338. The first-order valence-electron chi connectivity index (χ1n) is 7.56. The van der Waals surface area contributed by atoms with Crippen LogP contribution in [-0.4, -0.2) is 17.7 Å². The average molecular weight is 298 g/mol.